The normalized spacial score (nSPS) is 26.6. The zero-order valence-corrected chi connectivity index (χ0v) is 27.7. The van der Waals surface area contributed by atoms with Crippen molar-refractivity contribution < 1.29 is 28.5 Å². The van der Waals surface area contributed by atoms with Crippen LogP contribution in [0.2, 0.25) is 0 Å². The smallest absolute Gasteiger partial charge is 0.329 e. The maximum absolute atomic E-state index is 14.5. The van der Waals surface area contributed by atoms with Crippen LogP contribution in [0.5, 0.6) is 5.75 Å². The largest absolute Gasteiger partial charge is 0.496 e. The van der Waals surface area contributed by atoms with Gasteiger partial charge in [-0.15, -0.1) is 0 Å². The number of likely N-dealkylation sites (tertiary alicyclic amines) is 1. The number of methoxy groups -OCH3 is 1. The van der Waals surface area contributed by atoms with E-state index in [1.807, 2.05) is 25.1 Å². The lowest BCUT2D eigenvalue weighted by Gasteiger charge is -2.39. The summed E-state index contributed by atoms with van der Waals surface area (Å²) in [7, 11) is 1.69. The molecule has 0 spiro atoms. The Balaban J connectivity index is 1.61. The molecular weight excluding hydrogens is 554 g/mol. The van der Waals surface area contributed by atoms with E-state index in [4.69, 9.17) is 18.9 Å². The summed E-state index contributed by atoms with van der Waals surface area (Å²) < 4.78 is 24.5. The molecule has 1 amide bonds. The molecule has 2 aliphatic heterocycles. The third kappa shape index (κ3) is 6.28. The Morgan fingerprint density at radius 3 is 2.41 bits per heavy atom. The van der Waals surface area contributed by atoms with Crippen LogP contribution in [-0.2, 0) is 35.8 Å². The summed E-state index contributed by atoms with van der Waals surface area (Å²) in [5.41, 5.74) is 4.07. The fourth-order valence-electron chi connectivity index (χ4n) is 7.60. The molecule has 7 heteroatoms. The molecule has 0 N–H and O–H groups in total. The van der Waals surface area contributed by atoms with Crippen molar-refractivity contribution in [2.24, 2.45) is 11.3 Å². The number of nitrogens with zero attached hydrogens (tertiary/aromatic N) is 1. The number of ether oxygens (including phenoxy) is 4. The third-order valence-corrected chi connectivity index (χ3v) is 10.2. The van der Waals surface area contributed by atoms with Crippen molar-refractivity contribution in [3.8, 4) is 5.75 Å². The van der Waals surface area contributed by atoms with Crippen molar-refractivity contribution in [2.75, 3.05) is 20.3 Å². The molecule has 1 aliphatic carbocycles. The summed E-state index contributed by atoms with van der Waals surface area (Å²) in [6.07, 6.45) is 5.00. The molecule has 5 rings (SSSR count). The fourth-order valence-corrected chi connectivity index (χ4v) is 7.60. The standard InChI is InChI=1S/C37H51NO6/c1-8-42-35(40)32-30(36(3,4)5)33(44-23-25-22-26(17-18-28(25)41-7)37(6)19-13-20-37)31(27-15-10-9-14-24(27)2)38(32)34(39)29-16-11-12-21-43-29/h9-10,14-15,17-18,22,29-33H,8,11-13,16,19-21,23H2,1-7H3/t29-,30+,31-,32-,33-/m0/s1. The third-order valence-electron chi connectivity index (χ3n) is 10.2. The highest BCUT2D eigenvalue weighted by molar-refractivity contribution is 5.89. The Hall–Kier alpha value is -2.90. The number of aryl methyl sites for hydroxylation is 1. The first-order valence-electron chi connectivity index (χ1n) is 16.4. The van der Waals surface area contributed by atoms with Crippen LogP contribution < -0.4 is 4.74 Å². The van der Waals surface area contributed by atoms with Crippen LogP contribution in [0.4, 0.5) is 0 Å². The van der Waals surface area contributed by atoms with Gasteiger partial charge in [0.25, 0.3) is 5.91 Å². The van der Waals surface area contributed by atoms with Crippen molar-refractivity contribution >= 4 is 11.9 Å². The maximum atomic E-state index is 14.5. The number of rotatable bonds is 9. The first-order chi connectivity index (χ1) is 21.0. The Labute approximate surface area is 263 Å². The molecule has 1 saturated carbocycles. The van der Waals surface area contributed by atoms with Crippen LogP contribution in [0.25, 0.3) is 0 Å². The highest BCUT2D eigenvalue weighted by atomic mass is 16.5. The summed E-state index contributed by atoms with van der Waals surface area (Å²) in [5, 5.41) is 0. The van der Waals surface area contributed by atoms with Gasteiger partial charge in [0.05, 0.1) is 32.5 Å². The molecular formula is C37H51NO6. The molecule has 2 aromatic rings. The van der Waals surface area contributed by atoms with Gasteiger partial charge in [-0.05, 0) is 85.6 Å². The summed E-state index contributed by atoms with van der Waals surface area (Å²) in [5.74, 6) is -0.107. The van der Waals surface area contributed by atoms with Crippen molar-refractivity contribution in [1.29, 1.82) is 0 Å². The van der Waals surface area contributed by atoms with E-state index in [2.05, 4.69) is 58.9 Å². The maximum Gasteiger partial charge on any atom is 0.329 e. The van der Waals surface area contributed by atoms with E-state index in [9.17, 15) is 9.59 Å². The second kappa shape index (κ2) is 13.2. The molecule has 240 valence electrons. The summed E-state index contributed by atoms with van der Waals surface area (Å²) >= 11 is 0. The minimum Gasteiger partial charge on any atom is -0.496 e. The number of amides is 1. The van der Waals surface area contributed by atoms with E-state index in [1.54, 1.807) is 12.0 Å². The van der Waals surface area contributed by atoms with Gasteiger partial charge in [-0.3, -0.25) is 4.79 Å². The number of hydrogen-bond acceptors (Lipinski definition) is 6. The number of hydrogen-bond donors (Lipinski definition) is 0. The molecule has 5 atom stereocenters. The predicted octanol–water partition coefficient (Wildman–Crippen LogP) is 7.08. The van der Waals surface area contributed by atoms with Crippen molar-refractivity contribution in [1.82, 2.24) is 4.90 Å². The second-order valence-electron chi connectivity index (χ2n) is 14.2. The molecule has 2 heterocycles. The lowest BCUT2D eigenvalue weighted by Crippen LogP contribution is -2.51. The monoisotopic (exact) mass is 605 g/mol. The van der Waals surface area contributed by atoms with Gasteiger partial charge in [-0.25, -0.2) is 4.79 Å². The van der Waals surface area contributed by atoms with Crippen molar-refractivity contribution in [3.05, 3.63) is 64.7 Å². The first kappa shape index (κ1) is 32.5. The topological polar surface area (TPSA) is 74.3 Å². The number of benzene rings is 2. The van der Waals surface area contributed by atoms with Crippen LogP contribution >= 0.6 is 0 Å². The van der Waals surface area contributed by atoms with Crippen LogP contribution in [-0.4, -0.2) is 55.3 Å². The minimum atomic E-state index is -0.815. The lowest BCUT2D eigenvalue weighted by atomic mass is 9.66. The fraction of sp³-hybridized carbons (Fsp3) is 0.622. The number of esters is 1. The minimum absolute atomic E-state index is 0.158. The first-order valence-corrected chi connectivity index (χ1v) is 16.4. The Morgan fingerprint density at radius 1 is 1.07 bits per heavy atom. The predicted molar refractivity (Wildman–Crippen MR) is 170 cm³/mol. The quantitative estimate of drug-likeness (QED) is 0.285. The van der Waals surface area contributed by atoms with Crippen LogP contribution in [0, 0.1) is 18.3 Å². The van der Waals surface area contributed by atoms with Crippen molar-refractivity contribution in [2.45, 2.75) is 116 Å². The van der Waals surface area contributed by atoms with E-state index >= 15 is 0 Å². The Bertz CT molecular complexity index is 1320. The molecule has 44 heavy (non-hydrogen) atoms. The van der Waals surface area contributed by atoms with Crippen molar-refractivity contribution in [3.63, 3.8) is 0 Å². The molecule has 3 aliphatic rings. The van der Waals surface area contributed by atoms with Gasteiger partial charge in [0.15, 0.2) is 0 Å². The van der Waals surface area contributed by atoms with Crippen LogP contribution in [0.3, 0.4) is 0 Å². The van der Waals surface area contributed by atoms with Gasteiger partial charge in [0, 0.05) is 18.1 Å². The van der Waals surface area contributed by atoms with Gasteiger partial charge in [0.1, 0.15) is 17.9 Å². The average molecular weight is 606 g/mol. The average Bonchev–Trinajstić information content (AvgIpc) is 3.34. The lowest BCUT2D eigenvalue weighted by molar-refractivity contribution is -0.162. The molecule has 3 fully saturated rings. The van der Waals surface area contributed by atoms with E-state index in [1.165, 1.54) is 24.8 Å². The molecule has 0 aromatic heterocycles. The zero-order chi connectivity index (χ0) is 31.6. The molecule has 7 nitrogen and oxygen atoms in total. The van der Waals surface area contributed by atoms with Gasteiger partial charge in [-0.1, -0.05) is 64.4 Å². The van der Waals surface area contributed by atoms with E-state index in [0.29, 0.717) is 19.6 Å². The van der Waals surface area contributed by atoms with E-state index in [-0.39, 0.29) is 23.8 Å². The molecule has 2 aromatic carbocycles. The van der Waals surface area contributed by atoms with Gasteiger partial charge >= 0.3 is 5.97 Å². The molecule has 0 bridgehead atoms. The summed E-state index contributed by atoms with van der Waals surface area (Å²) in [4.78, 5) is 30.2. The number of carbonyl (C=O) groups excluding carboxylic acids is 2. The van der Waals surface area contributed by atoms with Crippen LogP contribution in [0.15, 0.2) is 42.5 Å². The van der Waals surface area contributed by atoms with E-state index in [0.717, 1.165) is 35.3 Å². The van der Waals surface area contributed by atoms with E-state index < -0.39 is 35.7 Å². The highest BCUT2D eigenvalue weighted by Gasteiger charge is 2.60. The molecule has 2 saturated heterocycles. The van der Waals surface area contributed by atoms with Gasteiger partial charge in [-0.2, -0.15) is 0 Å². The Kier molecular flexibility index (Phi) is 9.76. The summed E-state index contributed by atoms with van der Waals surface area (Å²) in [6.45, 7) is 13.6. The SMILES string of the molecule is CCOC(=O)[C@@H]1[C@@H](C(C)(C)C)[C@H](OCc2cc(C3(C)CCC3)ccc2OC)[C@H](c2ccccc2C)N1C(=O)[C@@H]1CCCCO1. The highest BCUT2D eigenvalue weighted by Crippen LogP contribution is 2.51. The second-order valence-corrected chi connectivity index (χ2v) is 14.2. The molecule has 0 unspecified atom stereocenters. The summed E-state index contributed by atoms with van der Waals surface area (Å²) in [6, 6.07) is 13.2. The zero-order valence-electron chi connectivity index (χ0n) is 27.7. The molecule has 0 radical (unpaired) electrons. The van der Waals surface area contributed by atoms with Gasteiger partial charge < -0.3 is 23.8 Å². The number of carbonyl (C=O) groups is 2. The van der Waals surface area contributed by atoms with Crippen LogP contribution in [0.1, 0.15) is 101 Å². The Morgan fingerprint density at radius 2 is 1.82 bits per heavy atom. The van der Waals surface area contributed by atoms with Gasteiger partial charge in [0.2, 0.25) is 0 Å².